The molecule has 1 unspecified atom stereocenters. The molecule has 0 bridgehead atoms. The first-order valence-corrected chi connectivity index (χ1v) is 5.15. The van der Waals surface area contributed by atoms with Gasteiger partial charge in [-0.25, -0.2) is 0 Å². The zero-order chi connectivity index (χ0) is 10.6. The SMILES string of the molecule is CCC(C)C(=O)CN1CCNC(=O)C1. The van der Waals surface area contributed by atoms with E-state index in [0.717, 1.165) is 13.0 Å². The highest BCUT2D eigenvalue weighted by atomic mass is 16.2. The Labute approximate surface area is 84.7 Å². The molecule has 0 aliphatic carbocycles. The van der Waals surface area contributed by atoms with Crippen LogP contribution in [0.1, 0.15) is 20.3 Å². The maximum Gasteiger partial charge on any atom is 0.234 e. The Kier molecular flexibility index (Phi) is 4.07. The molecule has 14 heavy (non-hydrogen) atoms. The van der Waals surface area contributed by atoms with Gasteiger partial charge in [-0.15, -0.1) is 0 Å². The van der Waals surface area contributed by atoms with Gasteiger partial charge in [0.05, 0.1) is 13.1 Å². The van der Waals surface area contributed by atoms with Crippen molar-refractivity contribution in [3.05, 3.63) is 0 Å². The van der Waals surface area contributed by atoms with Crippen molar-refractivity contribution in [2.75, 3.05) is 26.2 Å². The summed E-state index contributed by atoms with van der Waals surface area (Å²) >= 11 is 0. The number of rotatable bonds is 4. The quantitative estimate of drug-likeness (QED) is 0.693. The molecule has 1 amide bonds. The van der Waals surface area contributed by atoms with Crippen molar-refractivity contribution < 1.29 is 9.59 Å². The predicted molar refractivity (Wildman–Crippen MR) is 53.9 cm³/mol. The second-order valence-electron chi connectivity index (χ2n) is 3.84. The van der Waals surface area contributed by atoms with Crippen LogP contribution in [0.2, 0.25) is 0 Å². The fourth-order valence-electron chi connectivity index (χ4n) is 1.43. The lowest BCUT2D eigenvalue weighted by atomic mass is 10.0. The van der Waals surface area contributed by atoms with Crippen LogP contribution in [0.3, 0.4) is 0 Å². The maximum atomic E-state index is 11.6. The zero-order valence-corrected chi connectivity index (χ0v) is 8.88. The molecule has 0 radical (unpaired) electrons. The van der Waals surface area contributed by atoms with Crippen LogP contribution in [0.25, 0.3) is 0 Å². The summed E-state index contributed by atoms with van der Waals surface area (Å²) in [5.41, 5.74) is 0. The zero-order valence-electron chi connectivity index (χ0n) is 8.88. The van der Waals surface area contributed by atoms with Crippen LogP contribution >= 0.6 is 0 Å². The Morgan fingerprint density at radius 1 is 1.64 bits per heavy atom. The third-order valence-corrected chi connectivity index (χ3v) is 2.66. The van der Waals surface area contributed by atoms with Gasteiger partial charge in [-0.05, 0) is 6.42 Å². The molecule has 1 aliphatic heterocycles. The number of hydrogen-bond acceptors (Lipinski definition) is 3. The third kappa shape index (κ3) is 3.10. The van der Waals surface area contributed by atoms with E-state index in [1.165, 1.54) is 0 Å². The summed E-state index contributed by atoms with van der Waals surface area (Å²) in [6.07, 6.45) is 0.874. The van der Waals surface area contributed by atoms with Gasteiger partial charge < -0.3 is 5.32 Å². The van der Waals surface area contributed by atoms with Crippen LogP contribution in [0.4, 0.5) is 0 Å². The second kappa shape index (κ2) is 5.10. The van der Waals surface area contributed by atoms with E-state index in [4.69, 9.17) is 0 Å². The average molecular weight is 198 g/mol. The lowest BCUT2D eigenvalue weighted by molar-refractivity contribution is -0.127. The molecule has 1 N–H and O–H groups in total. The van der Waals surface area contributed by atoms with E-state index in [1.807, 2.05) is 18.7 Å². The summed E-state index contributed by atoms with van der Waals surface area (Å²) in [4.78, 5) is 24.5. The minimum Gasteiger partial charge on any atom is -0.354 e. The maximum absolute atomic E-state index is 11.6. The fourth-order valence-corrected chi connectivity index (χ4v) is 1.43. The standard InChI is InChI=1S/C10H18N2O2/c1-3-8(2)9(13)6-12-5-4-11-10(14)7-12/h8H,3-7H2,1-2H3,(H,11,14). The van der Waals surface area contributed by atoms with E-state index in [9.17, 15) is 9.59 Å². The van der Waals surface area contributed by atoms with Crippen molar-refractivity contribution in [1.29, 1.82) is 0 Å². The first-order chi connectivity index (χ1) is 6.63. The average Bonchev–Trinajstić information content (AvgIpc) is 2.16. The van der Waals surface area contributed by atoms with E-state index in [2.05, 4.69) is 5.32 Å². The molecule has 80 valence electrons. The summed E-state index contributed by atoms with van der Waals surface area (Å²) in [6.45, 7) is 6.17. The van der Waals surface area contributed by atoms with Gasteiger partial charge in [-0.1, -0.05) is 13.8 Å². The third-order valence-electron chi connectivity index (χ3n) is 2.66. The monoisotopic (exact) mass is 198 g/mol. The normalized spacial score (nSPS) is 20.3. The van der Waals surface area contributed by atoms with Crippen molar-refractivity contribution >= 4 is 11.7 Å². The van der Waals surface area contributed by atoms with E-state index in [-0.39, 0.29) is 17.6 Å². The van der Waals surface area contributed by atoms with Crippen LogP contribution in [-0.4, -0.2) is 42.8 Å². The number of carbonyl (C=O) groups is 2. The Balaban J connectivity index is 2.36. The van der Waals surface area contributed by atoms with Crippen LogP contribution in [0.5, 0.6) is 0 Å². The summed E-state index contributed by atoms with van der Waals surface area (Å²) in [5.74, 6) is 0.371. The predicted octanol–water partition coefficient (Wildman–Crippen LogP) is 0.0334. The summed E-state index contributed by atoms with van der Waals surface area (Å²) in [6, 6.07) is 0. The van der Waals surface area contributed by atoms with Gasteiger partial charge in [0.25, 0.3) is 0 Å². The smallest absolute Gasteiger partial charge is 0.234 e. The minimum atomic E-state index is 0.0215. The molecule has 0 aromatic rings. The van der Waals surface area contributed by atoms with Crippen LogP contribution in [-0.2, 0) is 9.59 Å². The van der Waals surface area contributed by atoms with Crippen LogP contribution in [0, 0.1) is 5.92 Å². The number of carbonyl (C=O) groups excluding carboxylic acids is 2. The molecule has 0 aromatic heterocycles. The summed E-state index contributed by atoms with van der Waals surface area (Å²) < 4.78 is 0. The number of amides is 1. The highest BCUT2D eigenvalue weighted by Gasteiger charge is 2.20. The highest BCUT2D eigenvalue weighted by molar-refractivity contribution is 5.84. The van der Waals surface area contributed by atoms with Crippen molar-refractivity contribution in [3.63, 3.8) is 0 Å². The molecule has 0 saturated carbocycles. The molecule has 4 nitrogen and oxygen atoms in total. The Morgan fingerprint density at radius 3 is 2.93 bits per heavy atom. The number of nitrogens with zero attached hydrogens (tertiary/aromatic N) is 1. The molecule has 1 rings (SSSR count). The Hall–Kier alpha value is -0.900. The number of ketones is 1. The van der Waals surface area contributed by atoms with Gasteiger partial charge in [-0.2, -0.15) is 0 Å². The Bertz CT molecular complexity index is 228. The fraction of sp³-hybridized carbons (Fsp3) is 0.800. The van der Waals surface area contributed by atoms with E-state index < -0.39 is 0 Å². The first-order valence-electron chi connectivity index (χ1n) is 5.15. The van der Waals surface area contributed by atoms with Gasteiger partial charge in [0, 0.05) is 19.0 Å². The van der Waals surface area contributed by atoms with E-state index >= 15 is 0 Å². The van der Waals surface area contributed by atoms with Gasteiger partial charge in [-0.3, -0.25) is 14.5 Å². The van der Waals surface area contributed by atoms with Crippen molar-refractivity contribution in [2.45, 2.75) is 20.3 Å². The van der Waals surface area contributed by atoms with Gasteiger partial charge in [0.2, 0.25) is 5.91 Å². The molecular formula is C10H18N2O2. The lowest BCUT2D eigenvalue weighted by Gasteiger charge is -2.26. The molecule has 1 saturated heterocycles. The molecular weight excluding hydrogens is 180 g/mol. The van der Waals surface area contributed by atoms with Crippen molar-refractivity contribution in [1.82, 2.24) is 10.2 Å². The summed E-state index contributed by atoms with van der Waals surface area (Å²) in [7, 11) is 0. The molecule has 0 aromatic carbocycles. The molecule has 1 atom stereocenters. The first kappa shape index (κ1) is 11.2. The van der Waals surface area contributed by atoms with Crippen LogP contribution < -0.4 is 5.32 Å². The molecule has 1 fully saturated rings. The van der Waals surface area contributed by atoms with Crippen molar-refractivity contribution in [2.24, 2.45) is 5.92 Å². The molecule has 4 heteroatoms. The van der Waals surface area contributed by atoms with E-state index in [1.54, 1.807) is 0 Å². The molecule has 1 aliphatic rings. The Morgan fingerprint density at radius 2 is 2.36 bits per heavy atom. The lowest BCUT2D eigenvalue weighted by Crippen LogP contribution is -2.49. The van der Waals surface area contributed by atoms with E-state index in [0.29, 0.717) is 19.6 Å². The second-order valence-corrected chi connectivity index (χ2v) is 3.84. The topological polar surface area (TPSA) is 49.4 Å². The number of piperazine rings is 1. The van der Waals surface area contributed by atoms with Gasteiger partial charge >= 0.3 is 0 Å². The number of hydrogen-bond donors (Lipinski definition) is 1. The largest absolute Gasteiger partial charge is 0.354 e. The van der Waals surface area contributed by atoms with Crippen LogP contribution in [0.15, 0.2) is 0 Å². The number of Topliss-reactive ketones (excluding diaryl/α,β-unsaturated/α-hetero) is 1. The van der Waals surface area contributed by atoms with Gasteiger partial charge in [0.15, 0.2) is 0 Å². The summed E-state index contributed by atoms with van der Waals surface area (Å²) in [5, 5.41) is 2.74. The molecule has 1 heterocycles. The highest BCUT2D eigenvalue weighted by Crippen LogP contribution is 2.04. The van der Waals surface area contributed by atoms with Gasteiger partial charge in [0.1, 0.15) is 5.78 Å². The minimum absolute atomic E-state index is 0.0215. The number of nitrogens with one attached hydrogen (secondary N) is 1. The van der Waals surface area contributed by atoms with Crippen molar-refractivity contribution in [3.8, 4) is 0 Å². The molecule has 0 spiro atoms.